The van der Waals surface area contributed by atoms with Crippen LogP contribution in [0.1, 0.15) is 36.5 Å². The first kappa shape index (κ1) is 13.7. The Hall–Kier alpha value is -1.30. The molecule has 2 aliphatic heterocycles. The lowest BCUT2D eigenvalue weighted by molar-refractivity contribution is -0.301. The summed E-state index contributed by atoms with van der Waals surface area (Å²) < 4.78 is 11.7. The zero-order valence-corrected chi connectivity index (χ0v) is 11.7. The van der Waals surface area contributed by atoms with Crippen LogP contribution in [0.5, 0.6) is 11.5 Å². The van der Waals surface area contributed by atoms with Gasteiger partial charge in [-0.05, 0) is 31.9 Å². The molecule has 0 aliphatic carbocycles. The number of fused-ring (bicyclic) bond motifs is 1. The molecule has 2 aliphatic rings. The highest BCUT2D eigenvalue weighted by Crippen LogP contribution is 2.43. The third kappa shape index (κ3) is 2.16. The minimum atomic E-state index is -0.849. The average Bonchev–Trinajstić information content (AvgIpc) is 2.34. The zero-order chi connectivity index (χ0) is 14.5. The van der Waals surface area contributed by atoms with Crippen LogP contribution in [0.2, 0.25) is 0 Å². The van der Waals surface area contributed by atoms with Gasteiger partial charge in [-0.25, -0.2) is 0 Å². The Morgan fingerprint density at radius 3 is 2.80 bits per heavy atom. The van der Waals surface area contributed by atoms with Gasteiger partial charge in [-0.3, -0.25) is 0 Å². The van der Waals surface area contributed by atoms with Crippen LogP contribution in [-0.2, 0) is 22.5 Å². The van der Waals surface area contributed by atoms with Gasteiger partial charge in [0.15, 0.2) is 5.79 Å². The van der Waals surface area contributed by atoms with E-state index in [1.165, 1.54) is 0 Å². The number of benzene rings is 1. The molecule has 3 rings (SSSR count). The number of hydrogen-bond acceptors (Lipinski definition) is 5. The third-order valence-corrected chi connectivity index (χ3v) is 4.23. The third-order valence-electron chi connectivity index (χ3n) is 4.23. The second kappa shape index (κ2) is 4.62. The van der Waals surface area contributed by atoms with Gasteiger partial charge in [-0.2, -0.15) is 0 Å². The lowest BCUT2D eigenvalue weighted by atomic mass is 9.88. The topological polar surface area (TPSA) is 79.2 Å². The van der Waals surface area contributed by atoms with E-state index >= 15 is 0 Å². The van der Waals surface area contributed by atoms with Crippen LogP contribution in [0.25, 0.3) is 0 Å². The maximum atomic E-state index is 10.1. The van der Waals surface area contributed by atoms with Crippen molar-refractivity contribution in [1.29, 1.82) is 0 Å². The van der Waals surface area contributed by atoms with Crippen molar-refractivity contribution >= 4 is 0 Å². The molecular formula is C15H20O5. The van der Waals surface area contributed by atoms with Crippen molar-refractivity contribution in [3.05, 3.63) is 22.8 Å². The zero-order valence-electron chi connectivity index (χ0n) is 11.7. The lowest BCUT2D eigenvalue weighted by Gasteiger charge is -2.44. The Morgan fingerprint density at radius 1 is 1.35 bits per heavy atom. The number of rotatable bonds is 0. The smallest absolute Gasteiger partial charge is 0.175 e. The van der Waals surface area contributed by atoms with E-state index in [-0.39, 0.29) is 24.2 Å². The van der Waals surface area contributed by atoms with E-state index < -0.39 is 11.9 Å². The molecule has 0 saturated carbocycles. The number of hydrogen-bond donors (Lipinski definition) is 3. The SMILES string of the molecule is Cc1c(O)cc2c(c1O)CO[C@@]1(C2)C[C@H](O)C[C@H](C)O1. The average molecular weight is 280 g/mol. The standard InChI is InChI=1S/C15H20O5/c1-8-3-11(16)6-15(20-8)5-10-4-13(17)9(2)14(18)12(10)7-19-15/h4,8,11,16-18H,3,5-7H2,1-2H3/t8-,11+,15+/m0/s1. The van der Waals surface area contributed by atoms with Gasteiger partial charge in [-0.1, -0.05) is 0 Å². The van der Waals surface area contributed by atoms with Gasteiger partial charge in [0.05, 0.1) is 18.8 Å². The molecule has 0 unspecified atom stereocenters. The van der Waals surface area contributed by atoms with Crippen LogP contribution in [0, 0.1) is 6.92 Å². The van der Waals surface area contributed by atoms with Gasteiger partial charge < -0.3 is 24.8 Å². The molecule has 110 valence electrons. The molecule has 2 heterocycles. The van der Waals surface area contributed by atoms with E-state index in [1.54, 1.807) is 13.0 Å². The molecule has 1 aromatic rings. The molecule has 0 amide bonds. The van der Waals surface area contributed by atoms with E-state index in [0.29, 0.717) is 30.4 Å². The number of phenolic OH excluding ortho intramolecular Hbond substituents is 2. The van der Waals surface area contributed by atoms with Crippen LogP contribution in [0.15, 0.2) is 6.07 Å². The monoisotopic (exact) mass is 280 g/mol. The summed E-state index contributed by atoms with van der Waals surface area (Å²) >= 11 is 0. The van der Waals surface area contributed by atoms with Gasteiger partial charge >= 0.3 is 0 Å². The van der Waals surface area contributed by atoms with E-state index in [9.17, 15) is 15.3 Å². The van der Waals surface area contributed by atoms with Crippen LogP contribution in [0.4, 0.5) is 0 Å². The fourth-order valence-electron chi connectivity index (χ4n) is 3.22. The summed E-state index contributed by atoms with van der Waals surface area (Å²) in [6.45, 7) is 3.80. The van der Waals surface area contributed by atoms with Crippen molar-refractivity contribution in [2.75, 3.05) is 0 Å². The minimum absolute atomic E-state index is 0.0720. The summed E-state index contributed by atoms with van der Waals surface area (Å²) in [5.41, 5.74) is 1.97. The molecule has 5 heteroatoms. The number of aliphatic hydroxyl groups is 1. The van der Waals surface area contributed by atoms with Crippen molar-refractivity contribution < 1.29 is 24.8 Å². The maximum Gasteiger partial charge on any atom is 0.175 e. The van der Waals surface area contributed by atoms with Crippen molar-refractivity contribution in [2.24, 2.45) is 0 Å². The predicted octanol–water partition coefficient (Wildman–Crippen LogP) is 1.74. The summed E-state index contributed by atoms with van der Waals surface area (Å²) in [6.07, 6.45) is 0.903. The van der Waals surface area contributed by atoms with Crippen LogP contribution >= 0.6 is 0 Å². The highest BCUT2D eigenvalue weighted by Gasteiger charge is 2.44. The fraction of sp³-hybridized carbons (Fsp3) is 0.600. The number of aromatic hydroxyl groups is 2. The van der Waals surface area contributed by atoms with Crippen LogP contribution in [-0.4, -0.2) is 33.3 Å². The molecule has 5 nitrogen and oxygen atoms in total. The quantitative estimate of drug-likeness (QED) is 0.674. The second-order valence-corrected chi connectivity index (χ2v) is 5.91. The molecule has 3 atom stereocenters. The van der Waals surface area contributed by atoms with Crippen molar-refractivity contribution in [2.45, 2.75) is 57.7 Å². The van der Waals surface area contributed by atoms with Gasteiger partial charge in [0, 0.05) is 24.0 Å². The molecule has 3 N–H and O–H groups in total. The van der Waals surface area contributed by atoms with Gasteiger partial charge in [0.2, 0.25) is 0 Å². The molecule has 1 saturated heterocycles. The Balaban J connectivity index is 1.96. The summed E-state index contributed by atoms with van der Waals surface area (Å²) in [6, 6.07) is 1.66. The van der Waals surface area contributed by atoms with Crippen molar-refractivity contribution in [3.63, 3.8) is 0 Å². The first-order valence-electron chi connectivity index (χ1n) is 6.93. The Labute approximate surface area is 117 Å². The summed E-state index contributed by atoms with van der Waals surface area (Å²) in [5.74, 6) is -0.694. The van der Waals surface area contributed by atoms with E-state index in [2.05, 4.69) is 0 Å². The molecule has 1 aromatic carbocycles. The van der Waals surface area contributed by atoms with Crippen molar-refractivity contribution in [1.82, 2.24) is 0 Å². The molecular weight excluding hydrogens is 260 g/mol. The minimum Gasteiger partial charge on any atom is -0.508 e. The number of aliphatic hydroxyl groups excluding tert-OH is 1. The molecule has 1 fully saturated rings. The van der Waals surface area contributed by atoms with Gasteiger partial charge in [0.25, 0.3) is 0 Å². The normalized spacial score (nSPS) is 33.1. The highest BCUT2D eigenvalue weighted by molar-refractivity contribution is 5.52. The molecule has 1 spiro atoms. The second-order valence-electron chi connectivity index (χ2n) is 5.91. The van der Waals surface area contributed by atoms with E-state index in [0.717, 1.165) is 5.56 Å². The Bertz CT molecular complexity index is 530. The van der Waals surface area contributed by atoms with Crippen molar-refractivity contribution in [3.8, 4) is 11.5 Å². The first-order chi connectivity index (χ1) is 9.40. The Kier molecular flexibility index (Phi) is 3.16. The maximum absolute atomic E-state index is 10.1. The first-order valence-corrected chi connectivity index (χ1v) is 6.93. The predicted molar refractivity (Wildman–Crippen MR) is 71.5 cm³/mol. The number of ether oxygens (including phenoxy) is 2. The van der Waals surface area contributed by atoms with Crippen LogP contribution in [0.3, 0.4) is 0 Å². The summed E-state index contributed by atoms with van der Waals surface area (Å²) in [7, 11) is 0. The largest absolute Gasteiger partial charge is 0.508 e. The molecule has 20 heavy (non-hydrogen) atoms. The van der Waals surface area contributed by atoms with Gasteiger partial charge in [0.1, 0.15) is 11.5 Å². The van der Waals surface area contributed by atoms with E-state index in [1.807, 2.05) is 6.92 Å². The summed E-state index contributed by atoms with van der Waals surface area (Å²) in [5, 5.41) is 29.9. The Morgan fingerprint density at radius 2 is 2.10 bits per heavy atom. The fourth-order valence-corrected chi connectivity index (χ4v) is 3.22. The van der Waals surface area contributed by atoms with E-state index in [4.69, 9.17) is 9.47 Å². The number of phenols is 2. The molecule has 0 bridgehead atoms. The van der Waals surface area contributed by atoms with Gasteiger partial charge in [-0.15, -0.1) is 0 Å². The lowest BCUT2D eigenvalue weighted by Crippen LogP contribution is -2.50. The van der Waals surface area contributed by atoms with Crippen LogP contribution < -0.4 is 0 Å². The summed E-state index contributed by atoms with van der Waals surface area (Å²) in [4.78, 5) is 0. The highest BCUT2D eigenvalue weighted by atomic mass is 16.7. The molecule has 0 aromatic heterocycles. The molecule has 0 radical (unpaired) electrons.